The van der Waals surface area contributed by atoms with Crippen LogP contribution < -0.4 is 9.80 Å². The highest BCUT2D eigenvalue weighted by Gasteiger charge is 2.32. The van der Waals surface area contributed by atoms with Gasteiger partial charge in [0.05, 0.1) is 25.9 Å². The van der Waals surface area contributed by atoms with E-state index in [4.69, 9.17) is 9.47 Å². The first-order valence-corrected chi connectivity index (χ1v) is 12.1. The first kappa shape index (κ1) is 22.1. The molecule has 0 saturated carbocycles. The summed E-state index contributed by atoms with van der Waals surface area (Å²) in [6.07, 6.45) is 4.29. The van der Waals surface area contributed by atoms with E-state index < -0.39 is 0 Å². The van der Waals surface area contributed by atoms with E-state index in [2.05, 4.69) is 50.1 Å². The van der Waals surface area contributed by atoms with Crippen LogP contribution in [0.25, 0.3) is 0 Å². The molecule has 33 heavy (non-hydrogen) atoms. The quantitative estimate of drug-likeness (QED) is 0.689. The fraction of sp³-hybridized carbons (Fsp3) is 0.560. The summed E-state index contributed by atoms with van der Waals surface area (Å²) in [6.45, 7) is 6.87. The van der Waals surface area contributed by atoms with Crippen LogP contribution >= 0.6 is 0 Å². The largest absolute Gasteiger partial charge is 0.378 e. The summed E-state index contributed by atoms with van der Waals surface area (Å²) < 4.78 is 11.4. The van der Waals surface area contributed by atoms with E-state index in [1.807, 2.05) is 11.0 Å². The number of hydrogen-bond acceptors (Lipinski definition) is 7. The fourth-order valence-corrected chi connectivity index (χ4v) is 5.01. The number of carbonyl (C=O) groups is 1. The van der Waals surface area contributed by atoms with Crippen molar-refractivity contribution in [2.75, 3.05) is 68.9 Å². The molecule has 3 fully saturated rings. The Labute approximate surface area is 195 Å². The number of anilines is 2. The summed E-state index contributed by atoms with van der Waals surface area (Å²) in [4.78, 5) is 28.8. The van der Waals surface area contributed by atoms with Crippen LogP contribution in [0.15, 0.2) is 42.7 Å². The molecule has 0 aliphatic carbocycles. The topological polar surface area (TPSA) is 71.0 Å². The molecule has 0 radical (unpaired) electrons. The van der Waals surface area contributed by atoms with E-state index in [0.717, 1.165) is 70.3 Å². The number of benzene rings is 1. The SMILES string of the molecule is O=C(C1CCN(c2cc(N3CCOCC3)ncn2)CC1)N1CCOC(Cc2ccccc2)C1. The maximum absolute atomic E-state index is 13.3. The molecule has 0 bridgehead atoms. The van der Waals surface area contributed by atoms with Crippen LogP contribution in [0.2, 0.25) is 0 Å². The highest BCUT2D eigenvalue weighted by atomic mass is 16.5. The van der Waals surface area contributed by atoms with Crippen molar-refractivity contribution in [3.8, 4) is 0 Å². The number of piperidine rings is 1. The number of rotatable bonds is 5. The van der Waals surface area contributed by atoms with Crippen molar-refractivity contribution in [3.63, 3.8) is 0 Å². The summed E-state index contributed by atoms with van der Waals surface area (Å²) in [7, 11) is 0. The zero-order valence-corrected chi connectivity index (χ0v) is 19.1. The Balaban J connectivity index is 1.14. The van der Waals surface area contributed by atoms with Gasteiger partial charge in [-0.2, -0.15) is 0 Å². The van der Waals surface area contributed by atoms with Crippen LogP contribution in [-0.4, -0.2) is 86.0 Å². The minimum absolute atomic E-state index is 0.0739. The van der Waals surface area contributed by atoms with Gasteiger partial charge in [-0.3, -0.25) is 4.79 Å². The highest BCUT2D eigenvalue weighted by molar-refractivity contribution is 5.79. The van der Waals surface area contributed by atoms with E-state index in [1.54, 1.807) is 6.33 Å². The smallest absolute Gasteiger partial charge is 0.225 e. The maximum atomic E-state index is 13.3. The van der Waals surface area contributed by atoms with Gasteiger partial charge in [0.1, 0.15) is 18.0 Å². The number of ether oxygens (including phenoxy) is 2. The van der Waals surface area contributed by atoms with Gasteiger partial charge in [-0.1, -0.05) is 30.3 Å². The highest BCUT2D eigenvalue weighted by Crippen LogP contribution is 2.26. The molecule has 176 valence electrons. The molecular weight excluding hydrogens is 418 g/mol. The van der Waals surface area contributed by atoms with Crippen molar-refractivity contribution in [3.05, 3.63) is 48.3 Å². The molecule has 8 heteroatoms. The molecule has 3 saturated heterocycles. The first-order valence-electron chi connectivity index (χ1n) is 12.1. The number of morpholine rings is 2. The zero-order valence-electron chi connectivity index (χ0n) is 19.1. The number of aromatic nitrogens is 2. The second kappa shape index (κ2) is 10.5. The van der Waals surface area contributed by atoms with Gasteiger partial charge in [0.2, 0.25) is 5.91 Å². The van der Waals surface area contributed by atoms with Crippen LogP contribution in [0.1, 0.15) is 18.4 Å². The van der Waals surface area contributed by atoms with E-state index in [1.165, 1.54) is 5.56 Å². The van der Waals surface area contributed by atoms with Gasteiger partial charge in [0.25, 0.3) is 0 Å². The third-order valence-corrected chi connectivity index (χ3v) is 6.90. The molecule has 1 atom stereocenters. The van der Waals surface area contributed by atoms with Crippen LogP contribution in [0, 0.1) is 5.92 Å². The van der Waals surface area contributed by atoms with Gasteiger partial charge in [-0.25, -0.2) is 9.97 Å². The third-order valence-electron chi connectivity index (χ3n) is 6.90. The lowest BCUT2D eigenvalue weighted by atomic mass is 9.94. The van der Waals surface area contributed by atoms with Gasteiger partial charge in [-0.05, 0) is 18.4 Å². The van der Waals surface area contributed by atoms with Gasteiger partial charge >= 0.3 is 0 Å². The summed E-state index contributed by atoms with van der Waals surface area (Å²) in [5.74, 6) is 2.27. The molecule has 1 unspecified atom stereocenters. The van der Waals surface area contributed by atoms with Crippen LogP contribution in [0.4, 0.5) is 11.6 Å². The lowest BCUT2D eigenvalue weighted by Gasteiger charge is -2.38. The molecule has 5 rings (SSSR count). The van der Waals surface area contributed by atoms with E-state index >= 15 is 0 Å². The van der Waals surface area contributed by atoms with Gasteiger partial charge in [-0.15, -0.1) is 0 Å². The second-order valence-corrected chi connectivity index (χ2v) is 9.06. The second-order valence-electron chi connectivity index (χ2n) is 9.06. The van der Waals surface area contributed by atoms with Crippen LogP contribution in [0.3, 0.4) is 0 Å². The molecular formula is C25H33N5O3. The van der Waals surface area contributed by atoms with Crippen molar-refractivity contribution >= 4 is 17.5 Å². The lowest BCUT2D eigenvalue weighted by molar-refractivity contribution is -0.143. The molecule has 3 aliphatic heterocycles. The maximum Gasteiger partial charge on any atom is 0.225 e. The molecule has 0 N–H and O–H groups in total. The van der Waals surface area contributed by atoms with Gasteiger partial charge in [0, 0.05) is 57.7 Å². The Bertz CT molecular complexity index is 913. The van der Waals surface area contributed by atoms with E-state index in [9.17, 15) is 4.79 Å². The third kappa shape index (κ3) is 5.45. The number of amides is 1. The Kier molecular flexibility index (Phi) is 7.02. The predicted octanol–water partition coefficient (Wildman–Crippen LogP) is 2.00. The summed E-state index contributed by atoms with van der Waals surface area (Å²) in [5.41, 5.74) is 1.26. The molecule has 1 aromatic carbocycles. The van der Waals surface area contributed by atoms with Crippen molar-refractivity contribution in [2.24, 2.45) is 5.92 Å². The molecule has 4 heterocycles. The average molecular weight is 452 g/mol. The monoisotopic (exact) mass is 451 g/mol. The number of nitrogens with zero attached hydrogens (tertiary/aromatic N) is 5. The minimum atomic E-state index is 0.0739. The summed E-state index contributed by atoms with van der Waals surface area (Å²) >= 11 is 0. The normalized spacial score (nSPS) is 22.4. The van der Waals surface area contributed by atoms with Crippen molar-refractivity contribution in [2.45, 2.75) is 25.4 Å². The Morgan fingerprint density at radius 1 is 0.909 bits per heavy atom. The van der Waals surface area contributed by atoms with Crippen LogP contribution in [0.5, 0.6) is 0 Å². The summed E-state index contributed by atoms with van der Waals surface area (Å²) in [6, 6.07) is 12.4. The minimum Gasteiger partial charge on any atom is -0.378 e. The molecule has 3 aliphatic rings. The number of carbonyl (C=O) groups excluding carboxylic acids is 1. The standard InChI is InChI=1S/C25H33N5O3/c31-25(30-12-15-33-22(18-30)16-20-4-2-1-3-5-20)21-6-8-28(9-7-21)23-17-24(27-19-26-23)29-10-13-32-14-11-29/h1-5,17,19,21-22H,6-16,18H2. The lowest BCUT2D eigenvalue weighted by Crippen LogP contribution is -2.50. The first-order chi connectivity index (χ1) is 16.3. The van der Waals surface area contributed by atoms with Gasteiger partial charge in [0.15, 0.2) is 0 Å². The van der Waals surface area contributed by atoms with Gasteiger partial charge < -0.3 is 24.2 Å². The van der Waals surface area contributed by atoms with E-state index in [-0.39, 0.29) is 17.9 Å². The molecule has 2 aromatic rings. The Morgan fingerprint density at radius 3 is 2.33 bits per heavy atom. The summed E-state index contributed by atoms with van der Waals surface area (Å²) in [5, 5.41) is 0. The van der Waals surface area contributed by atoms with Crippen molar-refractivity contribution in [1.82, 2.24) is 14.9 Å². The molecule has 1 amide bonds. The number of hydrogen-bond donors (Lipinski definition) is 0. The van der Waals surface area contributed by atoms with E-state index in [0.29, 0.717) is 19.7 Å². The van der Waals surface area contributed by atoms with Crippen LogP contribution in [-0.2, 0) is 20.7 Å². The Morgan fingerprint density at radius 2 is 1.61 bits per heavy atom. The van der Waals surface area contributed by atoms with Crippen molar-refractivity contribution in [1.29, 1.82) is 0 Å². The molecule has 0 spiro atoms. The fourth-order valence-electron chi connectivity index (χ4n) is 5.01. The zero-order chi connectivity index (χ0) is 22.5. The molecule has 1 aromatic heterocycles. The predicted molar refractivity (Wildman–Crippen MR) is 126 cm³/mol. The van der Waals surface area contributed by atoms with Crippen molar-refractivity contribution < 1.29 is 14.3 Å². The molecule has 8 nitrogen and oxygen atoms in total. The average Bonchev–Trinajstić information content (AvgIpc) is 2.90. The Hall–Kier alpha value is -2.71.